The molecule has 0 heterocycles. The van der Waals surface area contributed by atoms with Crippen LogP contribution in [0.15, 0.2) is 48.5 Å². The van der Waals surface area contributed by atoms with Crippen molar-refractivity contribution >= 4 is 11.6 Å². The number of carbonyl (C=O) groups excluding carboxylic acids is 1. The number of benzene rings is 2. The second-order valence-electron chi connectivity index (χ2n) is 4.21. The highest BCUT2D eigenvalue weighted by atomic mass is 16.5. The minimum absolute atomic E-state index is 0.0252. The molecule has 1 N–H and O–H groups in total. The van der Waals surface area contributed by atoms with Gasteiger partial charge in [0.25, 0.3) is 0 Å². The quantitative estimate of drug-likeness (QED) is 0.904. The maximum absolute atomic E-state index is 11.3. The van der Waals surface area contributed by atoms with Gasteiger partial charge >= 0.3 is 0 Å². The summed E-state index contributed by atoms with van der Waals surface area (Å²) in [6, 6.07) is 15.7. The standard InChI is InChI=1S/C16H17NO2/c1-3-16(18)17-14-8-4-12(5-9-14)13-6-10-15(19-2)11-7-13/h4-11H,3H2,1-2H3,(H,17,18). The first kappa shape index (κ1) is 13.1. The summed E-state index contributed by atoms with van der Waals surface area (Å²) >= 11 is 0. The molecule has 0 aliphatic heterocycles. The maximum atomic E-state index is 11.3. The number of rotatable bonds is 4. The van der Waals surface area contributed by atoms with Crippen molar-refractivity contribution in [2.24, 2.45) is 0 Å². The Labute approximate surface area is 113 Å². The third-order valence-electron chi connectivity index (χ3n) is 2.91. The van der Waals surface area contributed by atoms with Crippen molar-refractivity contribution in [2.45, 2.75) is 13.3 Å². The molecular formula is C16H17NO2. The van der Waals surface area contributed by atoms with E-state index in [1.54, 1.807) is 7.11 Å². The molecule has 1 amide bonds. The molecule has 0 radical (unpaired) electrons. The average Bonchev–Trinajstić information content (AvgIpc) is 2.48. The molecule has 2 aromatic rings. The molecule has 0 unspecified atom stereocenters. The molecule has 0 aromatic heterocycles. The number of nitrogens with one attached hydrogen (secondary N) is 1. The molecular weight excluding hydrogens is 238 g/mol. The van der Waals surface area contributed by atoms with Crippen molar-refractivity contribution in [2.75, 3.05) is 12.4 Å². The highest BCUT2D eigenvalue weighted by Gasteiger charge is 2.01. The van der Waals surface area contributed by atoms with E-state index in [4.69, 9.17) is 4.74 Å². The van der Waals surface area contributed by atoms with E-state index in [0.717, 1.165) is 22.6 Å². The summed E-state index contributed by atoms with van der Waals surface area (Å²) in [6.45, 7) is 1.83. The third-order valence-corrected chi connectivity index (χ3v) is 2.91. The van der Waals surface area contributed by atoms with Crippen LogP contribution in [-0.2, 0) is 4.79 Å². The van der Waals surface area contributed by atoms with E-state index in [2.05, 4.69) is 5.32 Å². The predicted molar refractivity (Wildman–Crippen MR) is 77.4 cm³/mol. The van der Waals surface area contributed by atoms with Crippen LogP contribution in [0.1, 0.15) is 13.3 Å². The van der Waals surface area contributed by atoms with Crippen molar-refractivity contribution in [3.63, 3.8) is 0 Å². The molecule has 0 aliphatic carbocycles. The summed E-state index contributed by atoms with van der Waals surface area (Å²) in [5.74, 6) is 0.868. The van der Waals surface area contributed by atoms with Crippen molar-refractivity contribution in [3.05, 3.63) is 48.5 Å². The first-order valence-corrected chi connectivity index (χ1v) is 6.27. The van der Waals surface area contributed by atoms with Gasteiger partial charge in [0.1, 0.15) is 5.75 Å². The van der Waals surface area contributed by atoms with Gasteiger partial charge in [0.05, 0.1) is 7.11 Å². The van der Waals surface area contributed by atoms with E-state index in [1.165, 1.54) is 0 Å². The fourth-order valence-electron chi connectivity index (χ4n) is 1.78. The SMILES string of the molecule is CCC(=O)Nc1ccc(-c2ccc(OC)cc2)cc1. The number of anilines is 1. The Hall–Kier alpha value is -2.29. The van der Waals surface area contributed by atoms with Gasteiger partial charge in [-0.1, -0.05) is 31.2 Å². The topological polar surface area (TPSA) is 38.3 Å². The van der Waals surface area contributed by atoms with E-state index in [-0.39, 0.29) is 5.91 Å². The van der Waals surface area contributed by atoms with E-state index in [1.807, 2.05) is 55.5 Å². The summed E-state index contributed by atoms with van der Waals surface area (Å²) in [6.07, 6.45) is 0.486. The smallest absolute Gasteiger partial charge is 0.224 e. The molecule has 0 atom stereocenters. The van der Waals surface area contributed by atoms with Crippen LogP contribution in [0.25, 0.3) is 11.1 Å². The predicted octanol–water partition coefficient (Wildman–Crippen LogP) is 3.71. The lowest BCUT2D eigenvalue weighted by Gasteiger charge is -2.06. The maximum Gasteiger partial charge on any atom is 0.224 e. The Kier molecular flexibility index (Phi) is 4.18. The summed E-state index contributed by atoms with van der Waals surface area (Å²) in [4.78, 5) is 11.3. The molecule has 0 bridgehead atoms. The van der Waals surface area contributed by atoms with Gasteiger partial charge in [0.15, 0.2) is 0 Å². The van der Waals surface area contributed by atoms with Gasteiger partial charge in [0.2, 0.25) is 5.91 Å². The van der Waals surface area contributed by atoms with Crippen LogP contribution in [0.3, 0.4) is 0 Å². The summed E-state index contributed by atoms with van der Waals surface area (Å²) in [5, 5.41) is 2.83. The first-order valence-electron chi connectivity index (χ1n) is 6.27. The van der Waals surface area contributed by atoms with Crippen molar-refractivity contribution < 1.29 is 9.53 Å². The number of methoxy groups -OCH3 is 1. The van der Waals surface area contributed by atoms with Gasteiger partial charge < -0.3 is 10.1 Å². The van der Waals surface area contributed by atoms with Gasteiger partial charge in [0, 0.05) is 12.1 Å². The van der Waals surface area contributed by atoms with Crippen LogP contribution < -0.4 is 10.1 Å². The van der Waals surface area contributed by atoms with Crippen LogP contribution in [0, 0.1) is 0 Å². The van der Waals surface area contributed by atoms with E-state index < -0.39 is 0 Å². The molecule has 3 heteroatoms. The largest absolute Gasteiger partial charge is 0.497 e. The summed E-state index contributed by atoms with van der Waals surface area (Å²) in [7, 11) is 1.65. The molecule has 0 spiro atoms. The molecule has 0 fully saturated rings. The minimum Gasteiger partial charge on any atom is -0.497 e. The molecule has 0 saturated heterocycles. The Balaban J connectivity index is 2.14. The Morgan fingerprint density at radius 1 is 1.00 bits per heavy atom. The monoisotopic (exact) mass is 255 g/mol. The Morgan fingerprint density at radius 3 is 2.00 bits per heavy atom. The molecule has 0 saturated carbocycles. The molecule has 19 heavy (non-hydrogen) atoms. The summed E-state index contributed by atoms with van der Waals surface area (Å²) < 4.78 is 5.13. The molecule has 3 nitrogen and oxygen atoms in total. The van der Waals surface area contributed by atoms with Gasteiger partial charge in [-0.25, -0.2) is 0 Å². The average molecular weight is 255 g/mol. The fraction of sp³-hybridized carbons (Fsp3) is 0.188. The van der Waals surface area contributed by atoms with Crippen LogP contribution >= 0.6 is 0 Å². The van der Waals surface area contributed by atoms with Crippen LogP contribution in [0.4, 0.5) is 5.69 Å². The molecule has 0 aliphatic rings. The van der Waals surface area contributed by atoms with E-state index >= 15 is 0 Å². The zero-order valence-electron chi connectivity index (χ0n) is 11.1. The second-order valence-corrected chi connectivity index (χ2v) is 4.21. The van der Waals surface area contributed by atoms with Gasteiger partial charge in [-0.05, 0) is 35.4 Å². The van der Waals surface area contributed by atoms with Gasteiger partial charge in [-0.2, -0.15) is 0 Å². The Morgan fingerprint density at radius 2 is 1.53 bits per heavy atom. The number of hydrogen-bond acceptors (Lipinski definition) is 2. The van der Waals surface area contributed by atoms with Crippen LogP contribution in [0.2, 0.25) is 0 Å². The molecule has 2 aromatic carbocycles. The number of carbonyl (C=O) groups is 1. The highest BCUT2D eigenvalue weighted by molar-refractivity contribution is 5.90. The van der Waals surface area contributed by atoms with Crippen molar-refractivity contribution in [1.82, 2.24) is 0 Å². The molecule has 2 rings (SSSR count). The third kappa shape index (κ3) is 3.35. The van der Waals surface area contributed by atoms with Crippen LogP contribution in [0.5, 0.6) is 5.75 Å². The lowest BCUT2D eigenvalue weighted by atomic mass is 10.1. The van der Waals surface area contributed by atoms with Crippen LogP contribution in [-0.4, -0.2) is 13.0 Å². The van der Waals surface area contributed by atoms with Crippen molar-refractivity contribution in [1.29, 1.82) is 0 Å². The highest BCUT2D eigenvalue weighted by Crippen LogP contribution is 2.23. The number of amides is 1. The minimum atomic E-state index is 0.0252. The van der Waals surface area contributed by atoms with E-state index in [9.17, 15) is 4.79 Å². The summed E-state index contributed by atoms with van der Waals surface area (Å²) in [5.41, 5.74) is 3.05. The zero-order chi connectivity index (χ0) is 13.7. The number of ether oxygens (including phenoxy) is 1. The number of hydrogen-bond donors (Lipinski definition) is 1. The van der Waals surface area contributed by atoms with Gasteiger partial charge in [-0.15, -0.1) is 0 Å². The normalized spacial score (nSPS) is 10.0. The zero-order valence-corrected chi connectivity index (χ0v) is 11.1. The fourth-order valence-corrected chi connectivity index (χ4v) is 1.78. The lowest BCUT2D eigenvalue weighted by Crippen LogP contribution is -2.08. The first-order chi connectivity index (χ1) is 9.22. The van der Waals surface area contributed by atoms with Crippen molar-refractivity contribution in [3.8, 4) is 16.9 Å². The van der Waals surface area contributed by atoms with E-state index in [0.29, 0.717) is 6.42 Å². The Bertz CT molecular complexity index is 544. The molecule has 98 valence electrons. The second kappa shape index (κ2) is 6.05. The lowest BCUT2D eigenvalue weighted by molar-refractivity contribution is -0.115. The van der Waals surface area contributed by atoms with Gasteiger partial charge in [-0.3, -0.25) is 4.79 Å².